The van der Waals surface area contributed by atoms with Gasteiger partial charge in [-0.3, -0.25) is 9.69 Å². The lowest BCUT2D eigenvalue weighted by atomic mass is 9.77. The zero-order valence-electron chi connectivity index (χ0n) is 17.8. The Morgan fingerprint density at radius 3 is 2.50 bits per heavy atom. The molecule has 3 aromatic heterocycles. The molecule has 0 N–H and O–H groups in total. The Balaban J connectivity index is 1.31. The molecule has 1 amide bonds. The number of hydrogen-bond acceptors (Lipinski definition) is 6. The number of amides is 1. The van der Waals surface area contributed by atoms with Crippen LogP contribution >= 0.6 is 0 Å². The number of piperidine rings is 1. The van der Waals surface area contributed by atoms with E-state index in [4.69, 9.17) is 0 Å². The molecule has 0 radical (unpaired) electrons. The lowest BCUT2D eigenvalue weighted by Crippen LogP contribution is -2.45. The smallest absolute Gasteiger partial charge is 0.341 e. The summed E-state index contributed by atoms with van der Waals surface area (Å²) >= 11 is 0. The Morgan fingerprint density at radius 2 is 1.79 bits per heavy atom. The fraction of sp³-hybridized carbons (Fsp3) is 0.476. The fourth-order valence-electron chi connectivity index (χ4n) is 4.65. The molecule has 34 heavy (non-hydrogen) atoms. The SMILES string of the molecule is O=C1N(c2cc(C(F)(F)F)ccn2)CCC12CCN(c1ncc3cnn(CC(F)F)c3n1)CC2. The summed E-state index contributed by atoms with van der Waals surface area (Å²) in [6.45, 7) is 0.619. The summed E-state index contributed by atoms with van der Waals surface area (Å²) in [4.78, 5) is 29.2. The van der Waals surface area contributed by atoms with Crippen LogP contribution in [0.4, 0.5) is 33.7 Å². The van der Waals surface area contributed by atoms with E-state index in [1.54, 1.807) is 0 Å². The Hall–Kier alpha value is -3.38. The normalized spacial score (nSPS) is 18.6. The maximum atomic E-state index is 13.2. The molecular formula is C21H20F5N7O. The topological polar surface area (TPSA) is 80.0 Å². The van der Waals surface area contributed by atoms with Crippen molar-refractivity contribution in [2.75, 3.05) is 29.4 Å². The molecule has 2 saturated heterocycles. The molecule has 5 rings (SSSR count). The Morgan fingerprint density at radius 1 is 1.06 bits per heavy atom. The van der Waals surface area contributed by atoms with Crippen molar-refractivity contribution < 1.29 is 26.7 Å². The van der Waals surface area contributed by atoms with E-state index in [0.717, 1.165) is 23.0 Å². The first-order valence-electron chi connectivity index (χ1n) is 10.7. The average molecular weight is 481 g/mol. The van der Waals surface area contributed by atoms with Gasteiger partial charge in [0.05, 0.1) is 22.6 Å². The molecule has 2 fully saturated rings. The number of rotatable bonds is 4. The summed E-state index contributed by atoms with van der Waals surface area (Å²) in [5.41, 5.74) is -1.22. The van der Waals surface area contributed by atoms with Crippen LogP contribution in [0.25, 0.3) is 11.0 Å². The van der Waals surface area contributed by atoms with Crippen LogP contribution < -0.4 is 9.80 Å². The van der Waals surface area contributed by atoms with E-state index < -0.39 is 30.1 Å². The van der Waals surface area contributed by atoms with Gasteiger partial charge in [0, 0.05) is 32.0 Å². The largest absolute Gasteiger partial charge is 0.416 e. The number of fused-ring (bicyclic) bond motifs is 1. The van der Waals surface area contributed by atoms with E-state index in [1.165, 1.54) is 17.3 Å². The van der Waals surface area contributed by atoms with Gasteiger partial charge in [-0.25, -0.2) is 23.4 Å². The number of hydrogen-bond donors (Lipinski definition) is 0. The third-order valence-corrected chi connectivity index (χ3v) is 6.54. The molecule has 5 heterocycles. The maximum Gasteiger partial charge on any atom is 0.416 e. The van der Waals surface area contributed by atoms with Crippen LogP contribution in [-0.4, -0.2) is 56.7 Å². The van der Waals surface area contributed by atoms with Crippen molar-refractivity contribution in [2.24, 2.45) is 5.41 Å². The van der Waals surface area contributed by atoms with Gasteiger partial charge in [0.15, 0.2) is 5.65 Å². The van der Waals surface area contributed by atoms with Gasteiger partial charge >= 0.3 is 6.18 Å². The molecule has 0 atom stereocenters. The Kier molecular flexibility index (Phi) is 5.36. The van der Waals surface area contributed by atoms with Crippen LogP contribution in [-0.2, 0) is 17.5 Å². The molecule has 0 unspecified atom stereocenters. The standard InChI is InChI=1S/C21H20F5N7O/c22-15(23)12-33-17-13(11-29-33)10-28-19(30-17)31-6-2-20(3-7-31)4-8-32(18(20)34)16-9-14(1-5-27-16)21(24,25)26/h1,5,9-11,15H,2-4,6-8,12H2. The first-order chi connectivity index (χ1) is 16.2. The van der Waals surface area contributed by atoms with Gasteiger partial charge in [-0.15, -0.1) is 0 Å². The summed E-state index contributed by atoms with van der Waals surface area (Å²) in [5.74, 6) is 0.130. The van der Waals surface area contributed by atoms with Crippen molar-refractivity contribution in [3.05, 3.63) is 36.3 Å². The van der Waals surface area contributed by atoms with Gasteiger partial charge in [0.25, 0.3) is 6.43 Å². The van der Waals surface area contributed by atoms with Crippen LogP contribution in [0.2, 0.25) is 0 Å². The zero-order valence-corrected chi connectivity index (χ0v) is 17.8. The summed E-state index contributed by atoms with van der Waals surface area (Å²) in [7, 11) is 0. The maximum absolute atomic E-state index is 13.2. The van der Waals surface area contributed by atoms with Crippen LogP contribution in [0, 0.1) is 5.41 Å². The number of alkyl halides is 5. The highest BCUT2D eigenvalue weighted by Gasteiger charge is 2.49. The number of carbonyl (C=O) groups is 1. The number of nitrogens with zero attached hydrogens (tertiary/aromatic N) is 7. The second kappa shape index (κ2) is 8.13. The molecular weight excluding hydrogens is 461 g/mol. The van der Waals surface area contributed by atoms with Crippen molar-refractivity contribution in [3.8, 4) is 0 Å². The number of anilines is 2. The van der Waals surface area contributed by atoms with E-state index in [-0.39, 0.29) is 11.7 Å². The van der Waals surface area contributed by atoms with E-state index in [1.807, 2.05) is 4.90 Å². The van der Waals surface area contributed by atoms with Crippen molar-refractivity contribution in [1.82, 2.24) is 24.7 Å². The molecule has 2 aliphatic rings. The summed E-state index contributed by atoms with van der Waals surface area (Å²) < 4.78 is 66.0. The molecule has 0 aromatic carbocycles. The minimum atomic E-state index is -4.52. The number of aromatic nitrogens is 5. The summed E-state index contributed by atoms with van der Waals surface area (Å²) in [5, 5.41) is 4.49. The molecule has 13 heteroatoms. The Labute approximate surface area is 190 Å². The number of carbonyl (C=O) groups excluding carboxylic acids is 1. The number of pyridine rings is 1. The van der Waals surface area contributed by atoms with Crippen molar-refractivity contribution in [2.45, 2.75) is 38.4 Å². The second-order valence-electron chi connectivity index (χ2n) is 8.54. The summed E-state index contributed by atoms with van der Waals surface area (Å²) in [6, 6.07) is 1.78. The molecule has 3 aromatic rings. The number of halogens is 5. The van der Waals surface area contributed by atoms with Crippen LogP contribution in [0.5, 0.6) is 0 Å². The monoisotopic (exact) mass is 481 g/mol. The predicted molar refractivity (Wildman–Crippen MR) is 111 cm³/mol. The van der Waals surface area contributed by atoms with Crippen molar-refractivity contribution in [3.63, 3.8) is 0 Å². The van der Waals surface area contributed by atoms with Gasteiger partial charge in [-0.2, -0.15) is 23.3 Å². The molecule has 0 aliphatic carbocycles. The van der Waals surface area contributed by atoms with Gasteiger partial charge in [-0.1, -0.05) is 0 Å². The summed E-state index contributed by atoms with van der Waals surface area (Å²) in [6.07, 6.45) is -1.62. The highest BCUT2D eigenvalue weighted by Crippen LogP contribution is 2.43. The molecule has 180 valence electrons. The fourth-order valence-corrected chi connectivity index (χ4v) is 4.65. The predicted octanol–water partition coefficient (Wildman–Crippen LogP) is 3.53. The van der Waals surface area contributed by atoms with Gasteiger partial charge in [-0.05, 0) is 31.4 Å². The van der Waals surface area contributed by atoms with E-state index in [2.05, 4.69) is 20.1 Å². The van der Waals surface area contributed by atoms with Gasteiger partial charge in [0.2, 0.25) is 11.9 Å². The zero-order chi connectivity index (χ0) is 24.1. The van der Waals surface area contributed by atoms with Crippen molar-refractivity contribution >= 4 is 28.7 Å². The second-order valence-corrected chi connectivity index (χ2v) is 8.54. The van der Waals surface area contributed by atoms with Gasteiger partial charge in [0.1, 0.15) is 12.4 Å². The molecule has 2 aliphatic heterocycles. The molecule has 0 bridgehead atoms. The van der Waals surface area contributed by atoms with Crippen LogP contribution in [0.3, 0.4) is 0 Å². The average Bonchev–Trinajstić information content (AvgIpc) is 3.34. The molecule has 1 spiro atoms. The Bertz CT molecular complexity index is 1220. The third-order valence-electron chi connectivity index (χ3n) is 6.54. The quantitative estimate of drug-likeness (QED) is 0.531. The highest BCUT2D eigenvalue weighted by atomic mass is 19.4. The third kappa shape index (κ3) is 3.92. The van der Waals surface area contributed by atoms with E-state index in [9.17, 15) is 26.7 Å². The highest BCUT2D eigenvalue weighted by molar-refractivity contribution is 5.99. The van der Waals surface area contributed by atoms with Crippen LogP contribution in [0.1, 0.15) is 24.8 Å². The first kappa shape index (κ1) is 22.4. The van der Waals surface area contributed by atoms with Gasteiger partial charge < -0.3 is 4.90 Å². The minimum absolute atomic E-state index is 0.000191. The first-order valence-corrected chi connectivity index (χ1v) is 10.7. The van der Waals surface area contributed by atoms with Crippen LogP contribution in [0.15, 0.2) is 30.7 Å². The minimum Gasteiger partial charge on any atom is -0.341 e. The lowest BCUT2D eigenvalue weighted by Gasteiger charge is -2.37. The molecule has 8 nitrogen and oxygen atoms in total. The lowest BCUT2D eigenvalue weighted by molar-refractivity contribution is -0.137. The van der Waals surface area contributed by atoms with Crippen molar-refractivity contribution in [1.29, 1.82) is 0 Å². The van der Waals surface area contributed by atoms with E-state index in [0.29, 0.717) is 55.9 Å². The molecule has 0 saturated carbocycles. The van der Waals surface area contributed by atoms with E-state index >= 15 is 0 Å².